The van der Waals surface area contributed by atoms with Gasteiger partial charge in [-0.3, -0.25) is 4.79 Å². The first-order valence-electron chi connectivity index (χ1n) is 7.49. The van der Waals surface area contributed by atoms with Crippen LogP contribution in [0.2, 0.25) is 0 Å². The third-order valence-electron chi connectivity index (χ3n) is 3.51. The normalized spacial score (nSPS) is 9.81. The molecule has 1 aromatic heterocycles. The van der Waals surface area contributed by atoms with Crippen LogP contribution >= 0.6 is 0 Å². The fourth-order valence-corrected chi connectivity index (χ4v) is 2.20. The van der Waals surface area contributed by atoms with Crippen LogP contribution in [-0.4, -0.2) is 17.7 Å². The second-order valence-corrected chi connectivity index (χ2v) is 5.23. The zero-order valence-electron chi connectivity index (χ0n) is 13.4. The smallest absolute Gasteiger partial charge is 0.339 e. The van der Waals surface area contributed by atoms with Gasteiger partial charge in [-0.05, 0) is 36.4 Å². The summed E-state index contributed by atoms with van der Waals surface area (Å²) in [6, 6.07) is 12.1. The Morgan fingerprint density at radius 1 is 1.19 bits per heavy atom. The number of carbonyl (C=O) groups excluding carboxylic acids is 1. The predicted octanol–water partition coefficient (Wildman–Crippen LogP) is 2.58. The minimum absolute atomic E-state index is 0.00537. The van der Waals surface area contributed by atoms with Crippen molar-refractivity contribution in [1.82, 2.24) is 0 Å². The first-order chi connectivity index (χ1) is 12.6. The van der Waals surface area contributed by atoms with Crippen molar-refractivity contribution in [2.24, 2.45) is 0 Å². The quantitative estimate of drug-likeness (QED) is 0.566. The molecule has 0 spiro atoms. The average Bonchev–Trinajstić information content (AvgIpc) is 2.66. The van der Waals surface area contributed by atoms with Gasteiger partial charge in [-0.1, -0.05) is 11.8 Å². The minimum atomic E-state index is -0.579. The Kier molecular flexibility index (Phi) is 4.69. The van der Waals surface area contributed by atoms with Gasteiger partial charge in [-0.15, -0.1) is 0 Å². The molecule has 0 unspecified atom stereocenters. The Hall–Kier alpha value is -4.03. The summed E-state index contributed by atoms with van der Waals surface area (Å²) in [4.78, 5) is 24.1. The van der Waals surface area contributed by atoms with Gasteiger partial charge in [0.2, 0.25) is 5.43 Å². The van der Waals surface area contributed by atoms with Gasteiger partial charge >= 0.3 is 5.97 Å². The number of aromatic hydroxyl groups is 1. The summed E-state index contributed by atoms with van der Waals surface area (Å²) in [6.07, 6.45) is 1.19. The average molecular weight is 345 g/mol. The van der Waals surface area contributed by atoms with Crippen molar-refractivity contribution in [1.29, 1.82) is 5.26 Å². The molecule has 2 aromatic carbocycles. The number of esters is 1. The van der Waals surface area contributed by atoms with Crippen LogP contribution in [0, 0.1) is 23.2 Å². The van der Waals surface area contributed by atoms with Gasteiger partial charge in [0.25, 0.3) is 0 Å². The number of hydrogen-bond acceptors (Lipinski definition) is 6. The van der Waals surface area contributed by atoms with Crippen molar-refractivity contribution in [3.63, 3.8) is 0 Å². The second-order valence-electron chi connectivity index (χ2n) is 5.23. The Labute approximate surface area is 147 Å². The number of hydrogen-bond donors (Lipinski definition) is 1. The molecule has 0 saturated heterocycles. The molecule has 126 valence electrons. The van der Waals surface area contributed by atoms with Crippen LogP contribution in [0.15, 0.2) is 57.9 Å². The van der Waals surface area contributed by atoms with Gasteiger partial charge < -0.3 is 14.3 Å². The maximum atomic E-state index is 12.3. The van der Waals surface area contributed by atoms with E-state index in [0.717, 1.165) is 0 Å². The van der Waals surface area contributed by atoms with Crippen molar-refractivity contribution in [2.75, 3.05) is 6.61 Å². The van der Waals surface area contributed by atoms with E-state index in [9.17, 15) is 14.7 Å². The summed E-state index contributed by atoms with van der Waals surface area (Å²) in [7, 11) is 0. The molecule has 0 aliphatic carbocycles. The largest absolute Gasteiger partial charge is 0.508 e. The lowest BCUT2D eigenvalue weighted by atomic mass is 10.1. The van der Waals surface area contributed by atoms with E-state index in [1.54, 1.807) is 0 Å². The Bertz CT molecular complexity index is 1140. The highest BCUT2D eigenvalue weighted by molar-refractivity contribution is 5.89. The van der Waals surface area contributed by atoms with Crippen molar-refractivity contribution in [3.8, 4) is 23.7 Å². The van der Waals surface area contributed by atoms with Crippen LogP contribution < -0.4 is 5.43 Å². The molecule has 3 aromatic rings. The summed E-state index contributed by atoms with van der Waals surface area (Å²) < 4.78 is 10.3. The zero-order chi connectivity index (χ0) is 18.5. The Morgan fingerprint density at radius 3 is 2.69 bits per heavy atom. The van der Waals surface area contributed by atoms with Gasteiger partial charge in [0, 0.05) is 6.07 Å². The number of nitriles is 1. The highest BCUT2D eigenvalue weighted by Crippen LogP contribution is 2.17. The minimum Gasteiger partial charge on any atom is -0.508 e. The highest BCUT2D eigenvalue weighted by atomic mass is 16.5. The topological polar surface area (TPSA) is 101 Å². The Balaban J connectivity index is 1.70. The van der Waals surface area contributed by atoms with Gasteiger partial charge in [0.15, 0.2) is 6.61 Å². The number of nitrogens with zero attached hydrogens (tertiary/aromatic N) is 1. The predicted molar refractivity (Wildman–Crippen MR) is 92.5 cm³/mol. The molecule has 0 bridgehead atoms. The van der Waals surface area contributed by atoms with Gasteiger partial charge in [-0.25, -0.2) is 4.79 Å². The summed E-state index contributed by atoms with van der Waals surface area (Å²) in [6.45, 7) is -0.202. The lowest BCUT2D eigenvalue weighted by molar-refractivity contribution is 0.0556. The summed E-state index contributed by atoms with van der Waals surface area (Å²) in [5.74, 6) is 4.61. The molecular weight excluding hydrogens is 334 g/mol. The molecule has 1 heterocycles. The molecule has 6 nitrogen and oxygen atoms in total. The Morgan fingerprint density at radius 2 is 1.96 bits per heavy atom. The number of benzene rings is 2. The molecule has 0 radical (unpaired) electrons. The molecule has 1 N–H and O–H groups in total. The fraction of sp³-hybridized carbons (Fsp3) is 0.0500. The van der Waals surface area contributed by atoms with E-state index in [-0.39, 0.29) is 28.9 Å². The van der Waals surface area contributed by atoms with Crippen molar-refractivity contribution < 1.29 is 19.1 Å². The van der Waals surface area contributed by atoms with Crippen molar-refractivity contribution in [3.05, 3.63) is 75.6 Å². The van der Waals surface area contributed by atoms with Crippen molar-refractivity contribution >= 4 is 16.9 Å². The van der Waals surface area contributed by atoms with E-state index in [0.29, 0.717) is 16.5 Å². The number of rotatable bonds is 2. The maximum Gasteiger partial charge on any atom is 0.339 e. The van der Waals surface area contributed by atoms with E-state index >= 15 is 0 Å². The molecule has 3 rings (SSSR count). The van der Waals surface area contributed by atoms with E-state index in [2.05, 4.69) is 11.8 Å². The molecule has 0 saturated carbocycles. The van der Waals surface area contributed by atoms with E-state index in [1.165, 1.54) is 48.7 Å². The number of carbonyl (C=O) groups is 1. The summed E-state index contributed by atoms with van der Waals surface area (Å²) in [5, 5.41) is 18.4. The SMILES string of the molecule is N#Cc1ccc(C(=O)OCC#Cc2coc3cc(O)ccc3c2=O)cc1. The standard InChI is InChI=1S/C20H11NO5/c21-11-13-3-5-14(6-4-13)20(24)25-9-1-2-15-12-26-18-10-16(22)7-8-17(18)19(15)23/h3-8,10,12,22H,9H2. The monoisotopic (exact) mass is 345 g/mol. The molecule has 26 heavy (non-hydrogen) atoms. The van der Waals surface area contributed by atoms with Crippen molar-refractivity contribution in [2.45, 2.75) is 0 Å². The van der Waals surface area contributed by atoms with Crippen LogP contribution in [0.1, 0.15) is 21.5 Å². The number of ether oxygens (including phenoxy) is 1. The molecule has 0 amide bonds. The molecule has 0 aliphatic rings. The summed E-state index contributed by atoms with van der Waals surface area (Å²) >= 11 is 0. The first kappa shape index (κ1) is 16.8. The first-order valence-corrected chi connectivity index (χ1v) is 7.49. The lowest BCUT2D eigenvalue weighted by Crippen LogP contribution is -2.07. The van der Waals surface area contributed by atoms with Crippen LogP contribution in [-0.2, 0) is 4.74 Å². The molecule has 0 atom stereocenters. The van der Waals surface area contributed by atoms with Gasteiger partial charge in [-0.2, -0.15) is 5.26 Å². The summed E-state index contributed by atoms with van der Waals surface area (Å²) in [5.41, 5.74) is 0.788. The van der Waals surface area contributed by atoms with Crippen LogP contribution in [0.5, 0.6) is 5.75 Å². The zero-order valence-corrected chi connectivity index (χ0v) is 13.4. The highest BCUT2D eigenvalue weighted by Gasteiger charge is 2.07. The van der Waals surface area contributed by atoms with Gasteiger partial charge in [0.05, 0.1) is 22.6 Å². The van der Waals surface area contributed by atoms with Crippen LogP contribution in [0.4, 0.5) is 0 Å². The molecule has 6 heteroatoms. The van der Waals surface area contributed by atoms with E-state index in [1.807, 2.05) is 6.07 Å². The van der Waals surface area contributed by atoms with Crippen LogP contribution in [0.3, 0.4) is 0 Å². The third kappa shape index (κ3) is 3.55. The number of phenolic OH excluding ortho intramolecular Hbond substituents is 1. The maximum absolute atomic E-state index is 12.3. The molecular formula is C20H11NO5. The van der Waals surface area contributed by atoms with E-state index in [4.69, 9.17) is 14.4 Å². The number of phenols is 1. The second kappa shape index (κ2) is 7.25. The fourth-order valence-electron chi connectivity index (χ4n) is 2.20. The van der Waals surface area contributed by atoms with E-state index < -0.39 is 5.97 Å². The molecule has 0 fully saturated rings. The van der Waals surface area contributed by atoms with Crippen LogP contribution in [0.25, 0.3) is 11.0 Å². The molecule has 0 aliphatic heterocycles. The number of fused-ring (bicyclic) bond motifs is 1. The third-order valence-corrected chi connectivity index (χ3v) is 3.51. The lowest BCUT2D eigenvalue weighted by Gasteiger charge is -2.00. The van der Waals surface area contributed by atoms with Gasteiger partial charge in [0.1, 0.15) is 23.2 Å².